The molecule has 2 aromatic carbocycles. The average Bonchev–Trinajstić information content (AvgIpc) is 2.57. The molecule has 128 valence electrons. The van der Waals surface area contributed by atoms with Crippen molar-refractivity contribution in [2.45, 2.75) is 19.9 Å². The van der Waals surface area contributed by atoms with E-state index >= 15 is 0 Å². The van der Waals surface area contributed by atoms with Gasteiger partial charge in [-0.15, -0.1) is 0 Å². The second-order valence-electron chi connectivity index (χ2n) is 5.82. The molecule has 3 aromatic rings. The molecule has 3 rings (SSSR count). The Morgan fingerprint density at radius 3 is 2.52 bits per heavy atom. The van der Waals surface area contributed by atoms with Gasteiger partial charge in [0.15, 0.2) is 5.69 Å². The van der Waals surface area contributed by atoms with Crippen molar-refractivity contribution in [1.29, 1.82) is 0 Å². The standard InChI is InChI=1S/C18H15BrClN3O2/c1-10(2)23-18(25)13-6-4-3-5-12(13)16(22-23)17(24)21-15-8-7-11(19)9-14(15)20/h3-10H,1-2H3,(H,21,24). The summed E-state index contributed by atoms with van der Waals surface area (Å²) >= 11 is 9.49. The highest BCUT2D eigenvalue weighted by Crippen LogP contribution is 2.26. The van der Waals surface area contributed by atoms with E-state index in [0.717, 1.165) is 4.47 Å². The Labute approximate surface area is 157 Å². The van der Waals surface area contributed by atoms with Gasteiger partial charge in [-0.05, 0) is 38.1 Å². The molecule has 1 N–H and O–H groups in total. The second kappa shape index (κ2) is 6.98. The van der Waals surface area contributed by atoms with Crippen LogP contribution in [0.15, 0.2) is 51.7 Å². The predicted molar refractivity (Wildman–Crippen MR) is 103 cm³/mol. The summed E-state index contributed by atoms with van der Waals surface area (Å²) in [5.41, 5.74) is 0.440. The van der Waals surface area contributed by atoms with Crippen LogP contribution in [0.1, 0.15) is 30.4 Å². The molecule has 0 saturated carbocycles. The number of hydrogen-bond acceptors (Lipinski definition) is 3. The quantitative estimate of drug-likeness (QED) is 0.671. The van der Waals surface area contributed by atoms with E-state index in [2.05, 4.69) is 26.3 Å². The first-order valence-corrected chi connectivity index (χ1v) is 8.83. The Morgan fingerprint density at radius 2 is 1.88 bits per heavy atom. The molecule has 0 unspecified atom stereocenters. The van der Waals surface area contributed by atoms with Crippen LogP contribution in [-0.4, -0.2) is 15.7 Å². The molecule has 1 heterocycles. The van der Waals surface area contributed by atoms with Crippen LogP contribution in [0, 0.1) is 0 Å². The summed E-state index contributed by atoms with van der Waals surface area (Å²) in [5, 5.41) is 8.42. The van der Waals surface area contributed by atoms with Crippen molar-refractivity contribution in [1.82, 2.24) is 9.78 Å². The number of anilines is 1. The summed E-state index contributed by atoms with van der Waals surface area (Å²) < 4.78 is 2.13. The van der Waals surface area contributed by atoms with Crippen molar-refractivity contribution in [3.05, 3.63) is 68.0 Å². The van der Waals surface area contributed by atoms with Crippen molar-refractivity contribution in [2.75, 3.05) is 5.32 Å². The van der Waals surface area contributed by atoms with Crippen LogP contribution in [0.4, 0.5) is 5.69 Å². The predicted octanol–water partition coefficient (Wildman–Crippen LogP) is 4.65. The van der Waals surface area contributed by atoms with Crippen LogP contribution in [0.3, 0.4) is 0 Å². The average molecular weight is 421 g/mol. The number of fused-ring (bicyclic) bond motifs is 1. The van der Waals surface area contributed by atoms with Gasteiger partial charge in [0.25, 0.3) is 11.5 Å². The maximum atomic E-state index is 12.8. The molecule has 0 fully saturated rings. The molecule has 0 aliphatic carbocycles. The highest BCUT2D eigenvalue weighted by Gasteiger charge is 2.18. The smallest absolute Gasteiger partial charge is 0.276 e. The first kappa shape index (κ1) is 17.6. The summed E-state index contributed by atoms with van der Waals surface area (Å²) in [6.45, 7) is 3.69. The third-order valence-electron chi connectivity index (χ3n) is 3.71. The minimum absolute atomic E-state index is 0.167. The van der Waals surface area contributed by atoms with E-state index in [0.29, 0.717) is 21.5 Å². The Kier molecular flexibility index (Phi) is 4.92. The number of nitrogens with zero attached hydrogens (tertiary/aromatic N) is 2. The van der Waals surface area contributed by atoms with E-state index in [1.807, 2.05) is 13.8 Å². The minimum Gasteiger partial charge on any atom is -0.319 e. The number of halogens is 2. The molecule has 0 aliphatic rings. The Morgan fingerprint density at radius 1 is 1.20 bits per heavy atom. The SMILES string of the molecule is CC(C)n1nc(C(=O)Nc2ccc(Br)cc2Cl)c2ccccc2c1=O. The van der Waals surface area contributed by atoms with E-state index in [1.54, 1.807) is 42.5 Å². The number of carbonyl (C=O) groups is 1. The summed E-state index contributed by atoms with van der Waals surface area (Å²) in [7, 11) is 0. The molecule has 0 spiro atoms. The van der Waals surface area contributed by atoms with Gasteiger partial charge in [-0.2, -0.15) is 5.10 Å². The van der Waals surface area contributed by atoms with Gasteiger partial charge >= 0.3 is 0 Å². The van der Waals surface area contributed by atoms with Crippen LogP contribution in [0.5, 0.6) is 0 Å². The zero-order valence-corrected chi connectivity index (χ0v) is 15.9. The first-order chi connectivity index (χ1) is 11.9. The first-order valence-electron chi connectivity index (χ1n) is 7.66. The fourth-order valence-electron chi connectivity index (χ4n) is 2.50. The van der Waals surface area contributed by atoms with Gasteiger partial charge in [-0.3, -0.25) is 9.59 Å². The summed E-state index contributed by atoms with van der Waals surface area (Å²) in [4.78, 5) is 25.3. The van der Waals surface area contributed by atoms with Gasteiger partial charge in [0, 0.05) is 9.86 Å². The summed E-state index contributed by atoms with van der Waals surface area (Å²) in [6.07, 6.45) is 0. The molecule has 1 amide bonds. The molecular formula is C18H15BrClN3O2. The van der Waals surface area contributed by atoms with Crippen LogP contribution in [0.2, 0.25) is 5.02 Å². The van der Waals surface area contributed by atoms with Crippen molar-refractivity contribution in [3.8, 4) is 0 Å². The lowest BCUT2D eigenvalue weighted by molar-refractivity contribution is 0.102. The Bertz CT molecular complexity index is 1030. The van der Waals surface area contributed by atoms with Crippen LogP contribution >= 0.6 is 27.5 Å². The van der Waals surface area contributed by atoms with Gasteiger partial charge in [-0.1, -0.05) is 45.7 Å². The van der Waals surface area contributed by atoms with Gasteiger partial charge < -0.3 is 5.32 Å². The third-order valence-corrected chi connectivity index (χ3v) is 4.52. The molecule has 0 radical (unpaired) electrons. The number of nitrogens with one attached hydrogen (secondary N) is 1. The monoisotopic (exact) mass is 419 g/mol. The number of hydrogen-bond donors (Lipinski definition) is 1. The lowest BCUT2D eigenvalue weighted by Crippen LogP contribution is -2.28. The van der Waals surface area contributed by atoms with E-state index in [4.69, 9.17) is 11.6 Å². The highest BCUT2D eigenvalue weighted by atomic mass is 79.9. The summed E-state index contributed by atoms with van der Waals surface area (Å²) in [6, 6.07) is 12.0. The second-order valence-corrected chi connectivity index (χ2v) is 7.14. The Hall–Kier alpha value is -2.18. The zero-order valence-electron chi connectivity index (χ0n) is 13.6. The summed E-state index contributed by atoms with van der Waals surface area (Å²) in [5.74, 6) is -0.421. The highest BCUT2D eigenvalue weighted by molar-refractivity contribution is 9.10. The normalized spacial score (nSPS) is 11.1. The molecular weight excluding hydrogens is 406 g/mol. The van der Waals surface area contributed by atoms with Gasteiger partial charge in [0.05, 0.1) is 22.1 Å². The van der Waals surface area contributed by atoms with Crippen LogP contribution < -0.4 is 10.9 Å². The number of amides is 1. The number of carbonyl (C=O) groups excluding carboxylic acids is 1. The molecule has 0 aliphatic heterocycles. The van der Waals surface area contributed by atoms with Crippen molar-refractivity contribution >= 4 is 49.9 Å². The van der Waals surface area contributed by atoms with E-state index in [-0.39, 0.29) is 17.3 Å². The van der Waals surface area contributed by atoms with E-state index in [1.165, 1.54) is 4.68 Å². The van der Waals surface area contributed by atoms with E-state index in [9.17, 15) is 9.59 Å². The zero-order chi connectivity index (χ0) is 18.1. The van der Waals surface area contributed by atoms with Gasteiger partial charge in [0.1, 0.15) is 0 Å². The topological polar surface area (TPSA) is 64.0 Å². The van der Waals surface area contributed by atoms with Crippen molar-refractivity contribution in [2.24, 2.45) is 0 Å². The van der Waals surface area contributed by atoms with Crippen molar-refractivity contribution in [3.63, 3.8) is 0 Å². The number of rotatable bonds is 3. The molecule has 0 saturated heterocycles. The number of aromatic nitrogens is 2. The van der Waals surface area contributed by atoms with Gasteiger partial charge in [0.2, 0.25) is 0 Å². The lowest BCUT2D eigenvalue weighted by Gasteiger charge is -2.14. The largest absolute Gasteiger partial charge is 0.319 e. The molecule has 25 heavy (non-hydrogen) atoms. The van der Waals surface area contributed by atoms with E-state index < -0.39 is 5.91 Å². The molecule has 0 atom stereocenters. The molecule has 5 nitrogen and oxygen atoms in total. The van der Waals surface area contributed by atoms with Crippen molar-refractivity contribution < 1.29 is 4.79 Å². The van der Waals surface area contributed by atoms with Gasteiger partial charge in [-0.25, -0.2) is 4.68 Å². The van der Waals surface area contributed by atoms with Crippen LogP contribution in [0.25, 0.3) is 10.8 Å². The van der Waals surface area contributed by atoms with Crippen LogP contribution in [-0.2, 0) is 0 Å². The maximum absolute atomic E-state index is 12.8. The Balaban J connectivity index is 2.12. The third kappa shape index (κ3) is 3.45. The lowest BCUT2D eigenvalue weighted by atomic mass is 10.1. The fraction of sp³-hybridized carbons (Fsp3) is 0.167. The molecule has 1 aromatic heterocycles. The molecule has 0 bridgehead atoms. The molecule has 7 heteroatoms. The fourth-order valence-corrected chi connectivity index (χ4v) is 3.22. The maximum Gasteiger partial charge on any atom is 0.276 e. The number of benzene rings is 2. The minimum atomic E-state index is -0.421.